The van der Waals surface area contributed by atoms with E-state index in [9.17, 15) is 24.0 Å². The van der Waals surface area contributed by atoms with Crippen LogP contribution < -0.4 is 34.4 Å². The lowest BCUT2D eigenvalue weighted by molar-refractivity contribution is 0.0283. The molecule has 0 radical (unpaired) electrons. The summed E-state index contributed by atoms with van der Waals surface area (Å²) in [6.45, 7) is 26.6. The molecular weight excluding hydrogens is 1290 g/mol. The standard InChI is InChI=1S/C27H34N2O5.2C16H20N2.C14H16N2.2C8H8O/c1-17-9-13-19(14-10-17)21-22(20-15-11-18(2)12-16-20)29(25(32)34-27(6,7)8)23(30)28(21)24(31)33-26(3,4)5;2*1-11-3-7-13(8-4-11)15(17)16(18)14-9-5-12(2)6-10-14;15-13(11-7-3-1-4-8-11)14(16)12-9-5-2-6-10-12;2*1-7-2-4-8(6-9)5-3-7/h9-16,21-22H,1-8H3;2*3-10,15-16H,17-18H2,1-2H3;1-10,13-14H,15-16H2;2*2-6H,1H3/t21-,22+;2*15-,16+;13-,14+;;. The van der Waals surface area contributed by atoms with E-state index < -0.39 is 41.5 Å². The molecular formula is C89H106N8O7. The molecule has 0 aromatic heterocycles. The minimum absolute atomic E-state index is 0.163. The largest absolute Gasteiger partial charge is 0.443 e. The van der Waals surface area contributed by atoms with Gasteiger partial charge in [-0.15, -0.1) is 0 Å². The maximum absolute atomic E-state index is 13.7. The third-order valence-electron chi connectivity index (χ3n) is 17.1. The first-order chi connectivity index (χ1) is 49.3. The Morgan fingerprint density at radius 2 is 0.490 bits per heavy atom. The lowest BCUT2D eigenvalue weighted by Gasteiger charge is -2.29. The zero-order chi connectivity index (χ0) is 76.4. The molecule has 8 atom stereocenters. The molecule has 0 unspecified atom stereocenters. The maximum atomic E-state index is 13.7. The van der Waals surface area contributed by atoms with E-state index in [0.29, 0.717) is 11.1 Å². The first-order valence-corrected chi connectivity index (χ1v) is 34.9. The van der Waals surface area contributed by atoms with Crippen LogP contribution in [0.3, 0.4) is 0 Å². The van der Waals surface area contributed by atoms with Gasteiger partial charge in [-0.2, -0.15) is 0 Å². The monoisotopic (exact) mass is 1400 g/mol. The van der Waals surface area contributed by atoms with Gasteiger partial charge in [0.2, 0.25) is 0 Å². The van der Waals surface area contributed by atoms with Gasteiger partial charge < -0.3 is 43.9 Å². The van der Waals surface area contributed by atoms with E-state index in [0.717, 1.165) is 78.0 Å². The van der Waals surface area contributed by atoms with Crippen LogP contribution in [0.25, 0.3) is 0 Å². The highest BCUT2D eigenvalue weighted by atomic mass is 16.6. The number of benzene rings is 10. The van der Waals surface area contributed by atoms with Crippen molar-refractivity contribution >= 4 is 30.8 Å². The average Bonchev–Trinajstić information content (AvgIpc) is 1.58. The van der Waals surface area contributed by atoms with Crippen LogP contribution >= 0.6 is 0 Å². The lowest BCUT2D eigenvalue weighted by Crippen LogP contribution is -2.43. The van der Waals surface area contributed by atoms with Gasteiger partial charge >= 0.3 is 18.2 Å². The summed E-state index contributed by atoms with van der Waals surface area (Å²) in [5.41, 5.74) is 54.3. The highest BCUT2D eigenvalue weighted by Gasteiger charge is 2.55. The zero-order valence-electron chi connectivity index (χ0n) is 62.7. The highest BCUT2D eigenvalue weighted by molar-refractivity contribution is 6.02. The third-order valence-corrected chi connectivity index (χ3v) is 17.1. The summed E-state index contributed by atoms with van der Waals surface area (Å²) in [5.74, 6) is 0. The topological polar surface area (TPSA) is 266 Å². The van der Waals surface area contributed by atoms with E-state index in [2.05, 4.69) is 76.2 Å². The molecule has 1 aliphatic rings. The molecule has 0 spiro atoms. The second kappa shape index (κ2) is 39.2. The van der Waals surface area contributed by atoms with Crippen molar-refractivity contribution in [3.8, 4) is 0 Å². The summed E-state index contributed by atoms with van der Waals surface area (Å²) in [6, 6.07) is 79.5. The average molecular weight is 1400 g/mol. The number of rotatable bonds is 13. The highest BCUT2D eigenvalue weighted by Crippen LogP contribution is 2.47. The molecule has 10 aromatic rings. The summed E-state index contributed by atoms with van der Waals surface area (Å²) >= 11 is 0. The summed E-state index contributed by atoms with van der Waals surface area (Å²) in [4.78, 5) is 62.6. The van der Waals surface area contributed by atoms with Gasteiger partial charge in [-0.05, 0) is 141 Å². The molecule has 0 aliphatic carbocycles. The molecule has 10 aromatic carbocycles. The fourth-order valence-corrected chi connectivity index (χ4v) is 10.9. The fourth-order valence-electron chi connectivity index (χ4n) is 10.9. The Hall–Kier alpha value is -10.5. The van der Waals surface area contributed by atoms with Crippen LogP contribution in [0.5, 0.6) is 0 Å². The molecule has 1 heterocycles. The molecule has 15 nitrogen and oxygen atoms in total. The molecule has 0 bridgehead atoms. The number of nitrogens with zero attached hydrogens (tertiary/aromatic N) is 2. The van der Waals surface area contributed by atoms with E-state index in [1.54, 1.807) is 41.5 Å². The number of carbonyl (C=O) groups excluding carboxylic acids is 5. The van der Waals surface area contributed by atoms with Crippen LogP contribution in [0.1, 0.15) is 200 Å². The lowest BCUT2D eigenvalue weighted by atomic mass is 9.92. The number of urea groups is 1. The van der Waals surface area contributed by atoms with Crippen LogP contribution in [0, 0.1) is 55.4 Å². The predicted molar refractivity (Wildman–Crippen MR) is 422 cm³/mol. The smallest absolute Gasteiger partial charge is 0.419 e. The Kier molecular flexibility index (Phi) is 31.1. The summed E-state index contributed by atoms with van der Waals surface area (Å²) in [5, 5.41) is 0. The Labute approximate surface area is 616 Å². The van der Waals surface area contributed by atoms with Crippen LogP contribution in [0.15, 0.2) is 255 Å². The number of ether oxygens (including phenoxy) is 2. The number of aryl methyl sites for hydroxylation is 8. The minimum Gasteiger partial charge on any atom is -0.443 e. The van der Waals surface area contributed by atoms with Gasteiger partial charge in [0, 0.05) is 47.4 Å². The van der Waals surface area contributed by atoms with Crippen LogP contribution in [-0.2, 0) is 9.47 Å². The first-order valence-electron chi connectivity index (χ1n) is 34.9. The van der Waals surface area contributed by atoms with Gasteiger partial charge in [0.1, 0.15) is 23.8 Å². The molecule has 544 valence electrons. The Morgan fingerprint density at radius 3 is 0.683 bits per heavy atom. The van der Waals surface area contributed by atoms with Gasteiger partial charge in [0.25, 0.3) is 0 Å². The number of nitrogens with two attached hydrogens (primary N) is 6. The van der Waals surface area contributed by atoms with Crippen molar-refractivity contribution in [2.75, 3.05) is 0 Å². The van der Waals surface area contributed by atoms with Crippen molar-refractivity contribution in [1.82, 2.24) is 9.80 Å². The summed E-state index contributed by atoms with van der Waals surface area (Å²) in [7, 11) is 0. The fraction of sp³-hybridized carbons (Fsp3) is 0.270. The van der Waals surface area contributed by atoms with Crippen molar-refractivity contribution in [1.29, 1.82) is 0 Å². The van der Waals surface area contributed by atoms with Gasteiger partial charge in [0.15, 0.2) is 0 Å². The normalized spacial score (nSPS) is 14.8. The van der Waals surface area contributed by atoms with Crippen molar-refractivity contribution in [3.63, 3.8) is 0 Å². The quantitative estimate of drug-likeness (QED) is 0.0587. The van der Waals surface area contributed by atoms with E-state index in [-0.39, 0.29) is 36.3 Å². The second-order valence-corrected chi connectivity index (χ2v) is 28.4. The molecule has 0 saturated carbocycles. The molecule has 12 N–H and O–H groups in total. The predicted octanol–water partition coefficient (Wildman–Crippen LogP) is 18.7. The van der Waals surface area contributed by atoms with Gasteiger partial charge in [-0.25, -0.2) is 24.2 Å². The zero-order valence-corrected chi connectivity index (χ0v) is 62.7. The first kappa shape index (κ1) is 82.5. The maximum Gasteiger partial charge on any atom is 0.419 e. The Balaban J connectivity index is 0.000000208. The molecule has 1 saturated heterocycles. The molecule has 11 rings (SSSR count). The molecule has 15 heteroatoms. The van der Waals surface area contributed by atoms with Crippen molar-refractivity contribution in [2.24, 2.45) is 34.4 Å². The van der Waals surface area contributed by atoms with Gasteiger partial charge in [-0.1, -0.05) is 299 Å². The molecule has 1 fully saturated rings. The van der Waals surface area contributed by atoms with E-state index >= 15 is 0 Å². The van der Waals surface area contributed by atoms with Crippen molar-refractivity contribution in [3.05, 3.63) is 355 Å². The van der Waals surface area contributed by atoms with Crippen LogP contribution in [0.4, 0.5) is 14.4 Å². The van der Waals surface area contributed by atoms with Crippen molar-refractivity contribution in [2.45, 2.75) is 156 Å². The summed E-state index contributed by atoms with van der Waals surface area (Å²) < 4.78 is 11.2. The Bertz CT molecular complexity index is 3880. The van der Waals surface area contributed by atoms with E-state index in [1.165, 1.54) is 33.4 Å². The molecule has 4 amide bonds. The second-order valence-electron chi connectivity index (χ2n) is 28.4. The van der Waals surface area contributed by atoms with E-state index in [1.807, 2.05) is 234 Å². The molecule has 1 aliphatic heterocycles. The number of amides is 4. The van der Waals surface area contributed by atoms with Gasteiger partial charge in [-0.3, -0.25) is 9.59 Å². The number of hydrogen-bond donors (Lipinski definition) is 6. The number of carbonyl (C=O) groups is 5. The minimum atomic E-state index is -0.826. The third kappa shape index (κ3) is 25.5. The summed E-state index contributed by atoms with van der Waals surface area (Å²) in [6.07, 6.45) is 0.0660. The number of aldehydes is 2. The van der Waals surface area contributed by atoms with Gasteiger partial charge in [0.05, 0.1) is 12.1 Å². The SMILES string of the molecule is Cc1ccc(C=O)cc1.Cc1ccc(C=O)cc1.Cc1ccc([C@@H](N)[C@@H](N)c2ccc(C)cc2)cc1.Cc1ccc([C@@H](N)[C@@H](N)c2ccc(C)cc2)cc1.Cc1ccc([C@@H]2[C@H](c3ccc(C)cc3)N(C(=O)OC(C)(C)C)C(=O)N2C(=O)OC(C)(C)C)cc1.N[C@H](c1ccccc1)[C@@H](N)c1ccccc1. The number of hydrogen-bond acceptors (Lipinski definition) is 13. The van der Waals surface area contributed by atoms with Crippen LogP contribution in [0.2, 0.25) is 0 Å². The molecule has 104 heavy (non-hydrogen) atoms. The number of imide groups is 2. The van der Waals surface area contributed by atoms with E-state index in [4.69, 9.17) is 43.9 Å². The Morgan fingerprint density at radius 1 is 0.308 bits per heavy atom. The van der Waals surface area contributed by atoms with Crippen LogP contribution in [-0.4, -0.2) is 51.8 Å². The van der Waals surface area contributed by atoms with Crippen molar-refractivity contribution < 1.29 is 33.4 Å².